The number of carbonyl (C=O) groups is 2. The molecule has 0 spiro atoms. The molecule has 7 nitrogen and oxygen atoms in total. The lowest BCUT2D eigenvalue weighted by Crippen LogP contribution is -2.17. The van der Waals surface area contributed by atoms with Gasteiger partial charge in [0.15, 0.2) is 0 Å². The average Bonchev–Trinajstić information content (AvgIpc) is 2.94. The number of methoxy groups -OCH3 is 1. The number of aliphatic carboxylic acids is 1. The lowest BCUT2D eigenvalue weighted by molar-refractivity contribution is -0.140. The molecule has 3 N–H and O–H groups in total. The van der Waals surface area contributed by atoms with Crippen molar-refractivity contribution >= 4 is 17.6 Å². The number of carboxylic acid groups (broad SMARTS) is 1. The molecule has 1 aliphatic carbocycles. The molecule has 0 bridgehead atoms. The number of carboxylic acids is 1. The fourth-order valence-electron chi connectivity index (χ4n) is 3.39. The summed E-state index contributed by atoms with van der Waals surface area (Å²) >= 11 is 0. The Balaban J connectivity index is 1.80. The SMILES string of the molecule is COc1cc(NC(=O)[C@H]2[C@H](C(=O)O)C2(C)C)ccc1-c1ccc(CO)o1. The van der Waals surface area contributed by atoms with Crippen LogP contribution in [-0.4, -0.2) is 29.2 Å². The van der Waals surface area contributed by atoms with Crippen molar-refractivity contribution in [2.75, 3.05) is 12.4 Å². The first-order valence-corrected chi connectivity index (χ1v) is 8.21. The van der Waals surface area contributed by atoms with E-state index in [0.29, 0.717) is 28.5 Å². The van der Waals surface area contributed by atoms with Gasteiger partial charge >= 0.3 is 5.97 Å². The number of amides is 1. The van der Waals surface area contributed by atoms with E-state index in [1.54, 1.807) is 44.2 Å². The van der Waals surface area contributed by atoms with E-state index in [2.05, 4.69) is 5.32 Å². The minimum absolute atomic E-state index is 0.196. The zero-order valence-electron chi connectivity index (χ0n) is 14.8. The van der Waals surface area contributed by atoms with Gasteiger partial charge in [-0.05, 0) is 29.7 Å². The van der Waals surface area contributed by atoms with Gasteiger partial charge in [0.05, 0.1) is 24.5 Å². The van der Waals surface area contributed by atoms with E-state index in [1.807, 2.05) is 0 Å². The van der Waals surface area contributed by atoms with Crippen molar-refractivity contribution in [1.82, 2.24) is 0 Å². The Bertz CT molecular complexity index is 853. The van der Waals surface area contributed by atoms with Crippen LogP contribution in [0.15, 0.2) is 34.7 Å². The monoisotopic (exact) mass is 359 g/mol. The first kappa shape index (κ1) is 18.0. The van der Waals surface area contributed by atoms with Gasteiger partial charge in [0, 0.05) is 11.8 Å². The molecular formula is C19H21NO6. The number of aliphatic hydroxyl groups is 1. The number of furan rings is 1. The molecule has 26 heavy (non-hydrogen) atoms. The van der Waals surface area contributed by atoms with Crippen LogP contribution in [0.2, 0.25) is 0 Å². The Kier molecular flexibility index (Phi) is 4.50. The van der Waals surface area contributed by atoms with Crippen molar-refractivity contribution < 1.29 is 29.0 Å². The predicted octanol–water partition coefficient (Wildman–Crippen LogP) is 2.74. The van der Waals surface area contributed by atoms with Crippen LogP contribution in [0.4, 0.5) is 5.69 Å². The minimum Gasteiger partial charge on any atom is -0.496 e. The number of hydrogen-bond donors (Lipinski definition) is 3. The summed E-state index contributed by atoms with van der Waals surface area (Å²) in [7, 11) is 1.50. The summed E-state index contributed by atoms with van der Waals surface area (Å²) in [6, 6.07) is 8.49. The van der Waals surface area contributed by atoms with E-state index in [9.17, 15) is 14.7 Å². The molecule has 1 heterocycles. The summed E-state index contributed by atoms with van der Waals surface area (Å²) in [5.41, 5.74) is 0.631. The van der Waals surface area contributed by atoms with E-state index < -0.39 is 23.2 Å². The Morgan fingerprint density at radius 3 is 2.50 bits per heavy atom. The van der Waals surface area contributed by atoms with E-state index in [1.165, 1.54) is 7.11 Å². The van der Waals surface area contributed by atoms with Crippen molar-refractivity contribution in [2.45, 2.75) is 20.5 Å². The molecule has 0 radical (unpaired) electrons. The number of hydrogen-bond acceptors (Lipinski definition) is 5. The second-order valence-electron chi connectivity index (χ2n) is 6.94. The molecule has 0 saturated heterocycles. The molecule has 0 aliphatic heterocycles. The molecule has 3 rings (SSSR count). The third-order valence-electron chi connectivity index (χ3n) is 4.93. The van der Waals surface area contributed by atoms with Crippen molar-refractivity contribution in [2.24, 2.45) is 17.3 Å². The molecule has 138 valence electrons. The fourth-order valence-corrected chi connectivity index (χ4v) is 3.39. The maximum absolute atomic E-state index is 12.4. The fraction of sp³-hybridized carbons (Fsp3) is 0.368. The summed E-state index contributed by atoms with van der Waals surface area (Å²) in [5.74, 6) is -1.05. The minimum atomic E-state index is -0.958. The summed E-state index contributed by atoms with van der Waals surface area (Å²) in [6.45, 7) is 3.35. The molecule has 1 aliphatic rings. The average molecular weight is 359 g/mol. The van der Waals surface area contributed by atoms with E-state index in [0.717, 1.165) is 0 Å². The van der Waals surface area contributed by atoms with Gasteiger partial charge < -0.3 is 24.7 Å². The van der Waals surface area contributed by atoms with Gasteiger partial charge in [0.25, 0.3) is 0 Å². The third-order valence-corrected chi connectivity index (χ3v) is 4.93. The van der Waals surface area contributed by atoms with Crippen molar-refractivity contribution in [3.63, 3.8) is 0 Å². The normalized spacial score (nSPS) is 20.5. The van der Waals surface area contributed by atoms with Gasteiger partial charge in [-0.1, -0.05) is 13.8 Å². The highest BCUT2D eigenvalue weighted by molar-refractivity contribution is 6.00. The zero-order chi connectivity index (χ0) is 19.1. The smallest absolute Gasteiger partial charge is 0.307 e. The van der Waals surface area contributed by atoms with Gasteiger partial charge in [-0.3, -0.25) is 9.59 Å². The van der Waals surface area contributed by atoms with Crippen LogP contribution >= 0.6 is 0 Å². The number of anilines is 1. The third kappa shape index (κ3) is 3.06. The van der Waals surface area contributed by atoms with Gasteiger partial charge in [-0.15, -0.1) is 0 Å². The molecule has 1 saturated carbocycles. The molecular weight excluding hydrogens is 338 g/mol. The Morgan fingerprint density at radius 1 is 1.23 bits per heavy atom. The standard InChI is InChI=1S/C19H21NO6/c1-19(2)15(16(19)18(23)24)17(22)20-10-4-6-12(14(8-10)25-3)13-7-5-11(9-21)26-13/h4-8,15-16,21H,9H2,1-3H3,(H,20,22)(H,23,24)/t15-,16-/m1/s1. The topological polar surface area (TPSA) is 109 Å². The van der Waals surface area contributed by atoms with Gasteiger partial charge in [-0.2, -0.15) is 0 Å². The lowest BCUT2D eigenvalue weighted by Gasteiger charge is -2.11. The van der Waals surface area contributed by atoms with Crippen LogP contribution < -0.4 is 10.1 Å². The number of ether oxygens (including phenoxy) is 1. The molecule has 7 heteroatoms. The lowest BCUT2D eigenvalue weighted by atomic mass is 10.1. The molecule has 1 aromatic heterocycles. The molecule has 2 atom stereocenters. The van der Waals surface area contributed by atoms with Crippen LogP contribution in [0, 0.1) is 17.3 Å². The largest absolute Gasteiger partial charge is 0.496 e. The first-order valence-electron chi connectivity index (χ1n) is 8.21. The number of carbonyl (C=O) groups excluding carboxylic acids is 1. The zero-order valence-corrected chi connectivity index (χ0v) is 14.8. The summed E-state index contributed by atoms with van der Waals surface area (Å²) < 4.78 is 10.9. The maximum Gasteiger partial charge on any atom is 0.307 e. The first-order chi connectivity index (χ1) is 12.3. The van der Waals surface area contributed by atoms with E-state index in [4.69, 9.17) is 14.3 Å². The highest BCUT2D eigenvalue weighted by atomic mass is 16.5. The molecule has 1 aromatic carbocycles. The highest BCUT2D eigenvalue weighted by Crippen LogP contribution is 2.58. The van der Waals surface area contributed by atoms with Crippen molar-refractivity contribution in [1.29, 1.82) is 0 Å². The second kappa shape index (κ2) is 6.49. The number of aliphatic hydroxyl groups excluding tert-OH is 1. The Labute approximate surface area is 150 Å². The number of benzene rings is 1. The van der Waals surface area contributed by atoms with Gasteiger partial charge in [0.1, 0.15) is 23.9 Å². The van der Waals surface area contributed by atoms with Crippen LogP contribution in [0.5, 0.6) is 5.75 Å². The van der Waals surface area contributed by atoms with Gasteiger partial charge in [0.2, 0.25) is 5.91 Å². The summed E-state index contributed by atoms with van der Waals surface area (Å²) in [4.78, 5) is 23.7. The van der Waals surface area contributed by atoms with E-state index in [-0.39, 0.29) is 12.5 Å². The molecule has 0 unspecified atom stereocenters. The van der Waals surface area contributed by atoms with E-state index >= 15 is 0 Å². The Hall–Kier alpha value is -2.80. The number of nitrogens with one attached hydrogen (secondary N) is 1. The van der Waals surface area contributed by atoms with Crippen LogP contribution in [0.25, 0.3) is 11.3 Å². The Morgan fingerprint density at radius 2 is 1.96 bits per heavy atom. The van der Waals surface area contributed by atoms with Crippen LogP contribution in [-0.2, 0) is 16.2 Å². The van der Waals surface area contributed by atoms with Crippen molar-refractivity contribution in [3.05, 3.63) is 36.1 Å². The molecule has 1 amide bonds. The van der Waals surface area contributed by atoms with Crippen molar-refractivity contribution in [3.8, 4) is 17.1 Å². The highest BCUT2D eigenvalue weighted by Gasteiger charge is 2.65. The second-order valence-corrected chi connectivity index (χ2v) is 6.94. The molecule has 1 fully saturated rings. The summed E-state index contributed by atoms with van der Waals surface area (Å²) in [6.07, 6.45) is 0. The maximum atomic E-state index is 12.4. The van der Waals surface area contributed by atoms with Crippen LogP contribution in [0.3, 0.4) is 0 Å². The number of rotatable bonds is 6. The molecule has 2 aromatic rings. The predicted molar refractivity (Wildman–Crippen MR) is 93.6 cm³/mol. The quantitative estimate of drug-likeness (QED) is 0.732. The van der Waals surface area contributed by atoms with Gasteiger partial charge in [-0.25, -0.2) is 0 Å². The van der Waals surface area contributed by atoms with Crippen LogP contribution in [0.1, 0.15) is 19.6 Å². The summed E-state index contributed by atoms with van der Waals surface area (Å²) in [5, 5.41) is 21.1.